The van der Waals surface area contributed by atoms with E-state index in [2.05, 4.69) is 15.1 Å². The Morgan fingerprint density at radius 3 is 2.72 bits per heavy atom. The molecule has 10 nitrogen and oxygen atoms in total. The number of sulfonamides is 1. The molecular weight excluding hydrogens is 539 g/mol. The molecule has 5 rings (SSSR count). The summed E-state index contributed by atoms with van der Waals surface area (Å²) in [5.41, 5.74) is 0.166. The van der Waals surface area contributed by atoms with Gasteiger partial charge >= 0.3 is 0 Å². The van der Waals surface area contributed by atoms with E-state index in [4.69, 9.17) is 14.2 Å². The molecule has 0 radical (unpaired) electrons. The standard InChI is InChI=1S/C25H24F3N5O5S/c1-14-16-11-31-33(22-5-3-4-8-37-22)24(16)29-12-20(14)38-13-17-18(27)6-7-19(23(17)28)32-39(34,35)21-9-15(26)10-30-25(21)36-2/h6-7,9-12,22,32H,3-5,8,13H2,1-2H3. The lowest BCUT2D eigenvalue weighted by atomic mass is 10.1. The highest BCUT2D eigenvalue weighted by Gasteiger charge is 2.25. The molecule has 4 heterocycles. The van der Waals surface area contributed by atoms with E-state index in [1.165, 1.54) is 6.20 Å². The Balaban J connectivity index is 1.39. The van der Waals surface area contributed by atoms with Crippen molar-refractivity contribution in [1.29, 1.82) is 0 Å². The number of hydrogen-bond acceptors (Lipinski definition) is 8. The predicted molar refractivity (Wildman–Crippen MR) is 133 cm³/mol. The van der Waals surface area contributed by atoms with Crippen LogP contribution in [0.1, 0.15) is 36.6 Å². The molecule has 0 bridgehead atoms. The molecule has 1 saturated heterocycles. The fourth-order valence-electron chi connectivity index (χ4n) is 4.28. The van der Waals surface area contributed by atoms with E-state index in [1.807, 2.05) is 4.72 Å². The summed E-state index contributed by atoms with van der Waals surface area (Å²) in [5.74, 6) is -3.22. The number of hydrogen-bond donors (Lipinski definition) is 1. The van der Waals surface area contributed by atoms with Gasteiger partial charge in [0.05, 0.1) is 37.0 Å². The predicted octanol–water partition coefficient (Wildman–Crippen LogP) is 4.64. The second kappa shape index (κ2) is 10.7. The normalized spacial score (nSPS) is 15.9. The van der Waals surface area contributed by atoms with Crippen LogP contribution in [0.3, 0.4) is 0 Å². The van der Waals surface area contributed by atoms with Gasteiger partial charge in [0.1, 0.15) is 24.0 Å². The Hall–Kier alpha value is -3.91. The zero-order chi connectivity index (χ0) is 27.7. The van der Waals surface area contributed by atoms with Crippen LogP contribution < -0.4 is 14.2 Å². The van der Waals surface area contributed by atoms with Gasteiger partial charge in [0.25, 0.3) is 10.0 Å². The Labute approximate surface area is 221 Å². The first kappa shape index (κ1) is 26.7. The van der Waals surface area contributed by atoms with Crippen molar-refractivity contribution in [1.82, 2.24) is 19.7 Å². The van der Waals surface area contributed by atoms with E-state index in [0.29, 0.717) is 29.3 Å². The van der Waals surface area contributed by atoms with E-state index < -0.39 is 56.1 Å². The molecule has 1 N–H and O–H groups in total. The molecule has 1 aromatic carbocycles. The van der Waals surface area contributed by atoms with E-state index in [9.17, 15) is 17.2 Å². The molecular formula is C25H24F3N5O5S. The van der Waals surface area contributed by atoms with Gasteiger partial charge in [-0.15, -0.1) is 0 Å². The molecule has 3 aromatic heterocycles. The van der Waals surface area contributed by atoms with Crippen molar-refractivity contribution >= 4 is 26.7 Å². The summed E-state index contributed by atoms with van der Waals surface area (Å²) in [6, 6.07) is 2.47. The van der Waals surface area contributed by atoms with Crippen LogP contribution in [0.25, 0.3) is 11.0 Å². The first-order chi connectivity index (χ1) is 18.7. The van der Waals surface area contributed by atoms with Gasteiger partial charge in [-0.1, -0.05) is 0 Å². The van der Waals surface area contributed by atoms with Gasteiger partial charge in [0, 0.05) is 23.6 Å². The minimum atomic E-state index is -4.55. The monoisotopic (exact) mass is 563 g/mol. The van der Waals surface area contributed by atoms with Crippen LogP contribution in [0.4, 0.5) is 18.9 Å². The average molecular weight is 564 g/mol. The summed E-state index contributed by atoms with van der Waals surface area (Å²) < 4.78 is 89.3. The number of fused-ring (bicyclic) bond motifs is 1. The third kappa shape index (κ3) is 5.21. The van der Waals surface area contributed by atoms with E-state index in [1.54, 1.807) is 17.8 Å². The third-order valence-corrected chi connectivity index (χ3v) is 7.71. The Morgan fingerprint density at radius 2 is 1.97 bits per heavy atom. The van der Waals surface area contributed by atoms with Gasteiger partial charge in [-0.3, -0.25) is 4.72 Å². The molecule has 1 atom stereocenters. The number of nitrogens with one attached hydrogen (secondary N) is 1. The molecule has 0 spiro atoms. The number of aryl methyl sites for hydroxylation is 1. The maximum absolute atomic E-state index is 15.3. The smallest absolute Gasteiger partial charge is 0.267 e. The number of benzene rings is 1. The maximum atomic E-state index is 15.3. The number of anilines is 1. The molecule has 14 heteroatoms. The van der Waals surface area contributed by atoms with Crippen molar-refractivity contribution in [3.8, 4) is 11.6 Å². The number of nitrogens with zero attached hydrogens (tertiary/aromatic N) is 4. The number of ether oxygens (including phenoxy) is 3. The number of pyridine rings is 2. The van der Waals surface area contributed by atoms with Crippen molar-refractivity contribution in [3.63, 3.8) is 0 Å². The van der Waals surface area contributed by atoms with Crippen LogP contribution in [-0.4, -0.2) is 41.9 Å². The summed E-state index contributed by atoms with van der Waals surface area (Å²) >= 11 is 0. The summed E-state index contributed by atoms with van der Waals surface area (Å²) in [6.07, 6.45) is 6.45. The van der Waals surface area contributed by atoms with Gasteiger partial charge in [0.15, 0.2) is 22.6 Å². The zero-order valence-electron chi connectivity index (χ0n) is 20.9. The van der Waals surface area contributed by atoms with Crippen molar-refractivity contribution in [2.45, 2.75) is 43.9 Å². The van der Waals surface area contributed by atoms with Crippen LogP contribution in [0.15, 0.2) is 41.7 Å². The van der Waals surface area contributed by atoms with Crippen LogP contribution in [-0.2, 0) is 21.4 Å². The molecule has 206 valence electrons. The van der Waals surface area contributed by atoms with Gasteiger partial charge < -0.3 is 14.2 Å². The Bertz CT molecular complexity index is 1640. The van der Waals surface area contributed by atoms with Crippen molar-refractivity contribution < 1.29 is 35.8 Å². The first-order valence-electron chi connectivity index (χ1n) is 12.0. The molecule has 39 heavy (non-hydrogen) atoms. The van der Waals surface area contributed by atoms with E-state index in [0.717, 1.165) is 44.7 Å². The summed E-state index contributed by atoms with van der Waals surface area (Å²) in [4.78, 5) is 7.34. The summed E-state index contributed by atoms with van der Waals surface area (Å²) in [7, 11) is -3.40. The lowest BCUT2D eigenvalue weighted by molar-refractivity contribution is -0.0370. The van der Waals surface area contributed by atoms with Crippen LogP contribution >= 0.6 is 0 Å². The van der Waals surface area contributed by atoms with Crippen molar-refractivity contribution in [2.75, 3.05) is 18.4 Å². The van der Waals surface area contributed by atoms with Gasteiger partial charge in [-0.05, 0) is 38.3 Å². The highest BCUT2D eigenvalue weighted by atomic mass is 32.2. The third-order valence-electron chi connectivity index (χ3n) is 6.35. The highest BCUT2D eigenvalue weighted by molar-refractivity contribution is 7.92. The Kier molecular flexibility index (Phi) is 7.32. The SMILES string of the molecule is COc1ncc(F)cc1S(=O)(=O)Nc1ccc(F)c(COc2cnc3c(cnn3C3CCCCO3)c2C)c1F. The number of aromatic nitrogens is 4. The fourth-order valence-corrected chi connectivity index (χ4v) is 5.47. The zero-order valence-corrected chi connectivity index (χ0v) is 21.8. The fraction of sp³-hybridized carbons (Fsp3) is 0.320. The first-order valence-corrected chi connectivity index (χ1v) is 13.4. The highest BCUT2D eigenvalue weighted by Crippen LogP contribution is 2.32. The van der Waals surface area contributed by atoms with Gasteiger partial charge in [0.2, 0.25) is 5.88 Å². The molecule has 4 aromatic rings. The van der Waals surface area contributed by atoms with Crippen molar-refractivity contribution in [2.24, 2.45) is 0 Å². The second-order valence-electron chi connectivity index (χ2n) is 8.84. The average Bonchev–Trinajstić information content (AvgIpc) is 3.37. The molecule has 1 aliphatic heterocycles. The van der Waals surface area contributed by atoms with E-state index >= 15 is 4.39 Å². The minimum absolute atomic E-state index is 0.215. The molecule has 0 amide bonds. The minimum Gasteiger partial charge on any atom is -0.487 e. The number of halogens is 3. The second-order valence-corrected chi connectivity index (χ2v) is 10.5. The Morgan fingerprint density at radius 1 is 1.15 bits per heavy atom. The molecule has 1 unspecified atom stereocenters. The van der Waals surface area contributed by atoms with Crippen LogP contribution in [0, 0.1) is 24.4 Å². The van der Waals surface area contributed by atoms with Crippen LogP contribution in [0.5, 0.6) is 11.6 Å². The number of rotatable bonds is 8. The lowest BCUT2D eigenvalue weighted by Crippen LogP contribution is -2.19. The summed E-state index contributed by atoms with van der Waals surface area (Å²) in [5, 5.41) is 5.10. The quantitative estimate of drug-likeness (QED) is 0.330. The van der Waals surface area contributed by atoms with Crippen molar-refractivity contribution in [3.05, 3.63) is 65.4 Å². The lowest BCUT2D eigenvalue weighted by Gasteiger charge is -2.23. The topological polar surface area (TPSA) is 117 Å². The summed E-state index contributed by atoms with van der Waals surface area (Å²) in [6.45, 7) is 1.85. The maximum Gasteiger partial charge on any atom is 0.267 e. The molecule has 0 aliphatic carbocycles. The number of methoxy groups -OCH3 is 1. The molecule has 0 saturated carbocycles. The van der Waals surface area contributed by atoms with E-state index in [-0.39, 0.29) is 12.0 Å². The molecule has 1 aliphatic rings. The van der Waals surface area contributed by atoms with Gasteiger partial charge in [-0.25, -0.2) is 36.2 Å². The largest absolute Gasteiger partial charge is 0.487 e. The van der Waals surface area contributed by atoms with Crippen LogP contribution in [0.2, 0.25) is 0 Å². The van der Waals surface area contributed by atoms with Gasteiger partial charge in [-0.2, -0.15) is 5.10 Å². The molecule has 1 fully saturated rings.